The number of carboxylic acids is 1. The Bertz CT molecular complexity index is 288. The smallest absolute Gasteiger partial charge is 0.413 e. The van der Waals surface area contributed by atoms with Crippen LogP contribution in [0.2, 0.25) is 0 Å². The predicted molar refractivity (Wildman–Crippen MR) is 54.9 cm³/mol. The van der Waals surface area contributed by atoms with Crippen molar-refractivity contribution in [2.75, 3.05) is 13.2 Å². The van der Waals surface area contributed by atoms with Crippen LogP contribution in [0.1, 0.15) is 20.8 Å². The normalized spacial score (nSPS) is 10.7. The van der Waals surface area contributed by atoms with E-state index < -0.39 is 23.5 Å². The molecule has 0 aliphatic heterocycles. The number of rotatable bonds is 5. The van der Waals surface area contributed by atoms with E-state index in [4.69, 9.17) is 5.11 Å². The first-order valence-corrected chi connectivity index (χ1v) is 4.74. The maximum Gasteiger partial charge on any atom is 0.413 e. The van der Waals surface area contributed by atoms with E-state index in [0.717, 1.165) is 0 Å². The third kappa shape index (κ3) is 5.30. The van der Waals surface area contributed by atoms with Crippen molar-refractivity contribution >= 4 is 18.0 Å². The maximum atomic E-state index is 11.1. The minimum atomic E-state index is -1.23. The molecular weight excluding hydrogens is 216 g/mol. The fraction of sp³-hybridized carbons (Fsp3) is 0.667. The van der Waals surface area contributed by atoms with Crippen LogP contribution in [-0.4, -0.2) is 41.8 Å². The molecule has 0 aromatic carbocycles. The maximum absolute atomic E-state index is 11.1. The third-order valence-electron chi connectivity index (χ3n) is 1.74. The van der Waals surface area contributed by atoms with Gasteiger partial charge in [-0.1, -0.05) is 0 Å². The highest BCUT2D eigenvalue weighted by molar-refractivity contribution is 5.93. The molecule has 0 spiro atoms. The molecule has 0 aromatic rings. The molecule has 2 amide bonds. The van der Waals surface area contributed by atoms with Crippen LogP contribution in [0.25, 0.3) is 0 Å². The van der Waals surface area contributed by atoms with Gasteiger partial charge in [-0.2, -0.15) is 0 Å². The topological polar surface area (TPSA) is 105 Å². The van der Waals surface area contributed by atoms with Crippen molar-refractivity contribution in [2.24, 2.45) is 0 Å². The Kier molecular flexibility index (Phi) is 5.44. The molecule has 0 aliphatic rings. The zero-order valence-electron chi connectivity index (χ0n) is 9.49. The Labute approximate surface area is 93.2 Å². The summed E-state index contributed by atoms with van der Waals surface area (Å²) in [6.45, 7) is 4.31. The molecule has 0 unspecified atom stereocenters. The van der Waals surface area contributed by atoms with Gasteiger partial charge in [-0.25, -0.2) is 4.79 Å². The minimum absolute atomic E-state index is 0.160. The number of hydrogen-bond acceptors (Lipinski definition) is 5. The van der Waals surface area contributed by atoms with E-state index in [1.165, 1.54) is 13.8 Å². The minimum Gasteiger partial charge on any atom is -0.480 e. The number of carbonyl (C=O) groups excluding carboxylic acids is 2. The van der Waals surface area contributed by atoms with Gasteiger partial charge in [0, 0.05) is 0 Å². The summed E-state index contributed by atoms with van der Waals surface area (Å²) in [6, 6.07) is 0. The summed E-state index contributed by atoms with van der Waals surface area (Å²) in [5, 5.41) is 13.2. The van der Waals surface area contributed by atoms with Gasteiger partial charge in [-0.15, -0.1) is 0 Å². The van der Waals surface area contributed by atoms with Crippen molar-refractivity contribution in [1.29, 1.82) is 0 Å². The van der Waals surface area contributed by atoms with Crippen molar-refractivity contribution in [1.82, 2.24) is 10.6 Å². The zero-order chi connectivity index (χ0) is 12.8. The van der Waals surface area contributed by atoms with E-state index in [0.29, 0.717) is 0 Å². The molecule has 92 valence electrons. The highest BCUT2D eigenvalue weighted by atomic mass is 16.5. The van der Waals surface area contributed by atoms with E-state index in [9.17, 15) is 14.4 Å². The Hall–Kier alpha value is -1.63. The number of aliphatic carboxylic acids is 1. The molecule has 0 bridgehead atoms. The molecule has 0 rings (SSSR count). The predicted octanol–water partition coefficient (Wildman–Crippen LogP) is -0.288. The molecule has 0 aromatic heterocycles. The first-order valence-electron chi connectivity index (χ1n) is 4.74. The van der Waals surface area contributed by atoms with Crippen LogP contribution in [0.15, 0.2) is 0 Å². The highest BCUT2D eigenvalue weighted by Crippen LogP contribution is 2.00. The first-order chi connectivity index (χ1) is 7.29. The van der Waals surface area contributed by atoms with Crippen molar-refractivity contribution in [3.63, 3.8) is 0 Å². The SMILES string of the molecule is CCOC(=O)NC(=O)CNC(C)(C)C(=O)O. The fourth-order valence-corrected chi connectivity index (χ4v) is 0.702. The zero-order valence-corrected chi connectivity index (χ0v) is 9.49. The monoisotopic (exact) mass is 232 g/mol. The lowest BCUT2D eigenvalue weighted by Crippen LogP contribution is -2.51. The number of hydrogen-bond donors (Lipinski definition) is 3. The molecule has 0 atom stereocenters. The number of ether oxygens (including phenoxy) is 1. The lowest BCUT2D eigenvalue weighted by molar-refractivity contribution is -0.143. The molecule has 0 fully saturated rings. The van der Waals surface area contributed by atoms with Gasteiger partial charge in [0.2, 0.25) is 5.91 Å². The van der Waals surface area contributed by atoms with Gasteiger partial charge in [0.1, 0.15) is 5.54 Å². The Morgan fingerprint density at radius 2 is 1.88 bits per heavy atom. The summed E-state index contributed by atoms with van der Waals surface area (Å²) in [5.74, 6) is -1.73. The van der Waals surface area contributed by atoms with Crippen molar-refractivity contribution in [3.05, 3.63) is 0 Å². The molecule has 16 heavy (non-hydrogen) atoms. The van der Waals surface area contributed by atoms with Crippen LogP contribution < -0.4 is 10.6 Å². The summed E-state index contributed by atoms with van der Waals surface area (Å²) >= 11 is 0. The standard InChI is InChI=1S/C9H16N2O5/c1-4-16-8(15)11-6(12)5-10-9(2,3)7(13)14/h10H,4-5H2,1-3H3,(H,13,14)(H,11,12,15). The molecule has 0 radical (unpaired) electrons. The van der Waals surface area contributed by atoms with Gasteiger partial charge in [-0.05, 0) is 20.8 Å². The second kappa shape index (κ2) is 6.06. The van der Waals surface area contributed by atoms with E-state index in [2.05, 4.69) is 10.1 Å². The molecule has 0 saturated heterocycles. The summed E-state index contributed by atoms with van der Waals surface area (Å²) in [5.41, 5.74) is -1.23. The van der Waals surface area contributed by atoms with Crippen LogP contribution in [0.5, 0.6) is 0 Å². The number of imide groups is 1. The van der Waals surface area contributed by atoms with Crippen LogP contribution in [0.4, 0.5) is 4.79 Å². The fourth-order valence-electron chi connectivity index (χ4n) is 0.702. The van der Waals surface area contributed by atoms with Crippen molar-refractivity contribution < 1.29 is 24.2 Å². The summed E-state index contributed by atoms with van der Waals surface area (Å²) < 4.78 is 4.48. The molecule has 7 heteroatoms. The molecule has 3 N–H and O–H groups in total. The molecular formula is C9H16N2O5. The second-order valence-electron chi connectivity index (χ2n) is 3.55. The number of alkyl carbamates (subject to hydrolysis) is 1. The Balaban J connectivity index is 3.99. The molecule has 7 nitrogen and oxygen atoms in total. The molecule has 0 aliphatic carbocycles. The van der Waals surface area contributed by atoms with Crippen molar-refractivity contribution in [3.8, 4) is 0 Å². The highest BCUT2D eigenvalue weighted by Gasteiger charge is 2.27. The van der Waals surface area contributed by atoms with Gasteiger partial charge in [-0.3, -0.25) is 20.2 Å². The van der Waals surface area contributed by atoms with Crippen LogP contribution in [-0.2, 0) is 14.3 Å². The van der Waals surface area contributed by atoms with E-state index in [1.54, 1.807) is 6.92 Å². The van der Waals surface area contributed by atoms with Gasteiger partial charge < -0.3 is 9.84 Å². The van der Waals surface area contributed by atoms with E-state index in [-0.39, 0.29) is 13.2 Å². The average Bonchev–Trinajstić information content (AvgIpc) is 2.15. The lowest BCUT2D eigenvalue weighted by Gasteiger charge is -2.20. The Morgan fingerprint density at radius 3 is 2.31 bits per heavy atom. The number of carbonyl (C=O) groups is 3. The molecule has 0 saturated carbocycles. The molecule has 0 heterocycles. The van der Waals surface area contributed by atoms with Crippen molar-refractivity contribution in [2.45, 2.75) is 26.3 Å². The van der Waals surface area contributed by atoms with Crippen LogP contribution in [0, 0.1) is 0 Å². The second-order valence-corrected chi connectivity index (χ2v) is 3.55. The number of nitrogens with one attached hydrogen (secondary N) is 2. The van der Waals surface area contributed by atoms with Crippen LogP contribution in [0.3, 0.4) is 0 Å². The third-order valence-corrected chi connectivity index (χ3v) is 1.74. The summed E-state index contributed by atoms with van der Waals surface area (Å²) in [7, 11) is 0. The summed E-state index contributed by atoms with van der Waals surface area (Å²) in [6.07, 6.45) is -0.845. The van der Waals surface area contributed by atoms with E-state index >= 15 is 0 Å². The van der Waals surface area contributed by atoms with Gasteiger partial charge in [0.15, 0.2) is 0 Å². The quantitative estimate of drug-likeness (QED) is 0.601. The first kappa shape index (κ1) is 14.4. The summed E-state index contributed by atoms with van der Waals surface area (Å²) in [4.78, 5) is 32.6. The van der Waals surface area contributed by atoms with Gasteiger partial charge in [0.25, 0.3) is 0 Å². The lowest BCUT2D eigenvalue weighted by atomic mass is 10.1. The van der Waals surface area contributed by atoms with Gasteiger partial charge >= 0.3 is 12.1 Å². The largest absolute Gasteiger partial charge is 0.480 e. The number of carboxylic acid groups (broad SMARTS) is 1. The van der Waals surface area contributed by atoms with E-state index in [1.807, 2.05) is 5.32 Å². The number of amides is 2. The van der Waals surface area contributed by atoms with Gasteiger partial charge in [0.05, 0.1) is 13.2 Å². The average molecular weight is 232 g/mol. The Morgan fingerprint density at radius 1 is 1.31 bits per heavy atom. The van der Waals surface area contributed by atoms with Crippen LogP contribution >= 0.6 is 0 Å².